The fourth-order valence-corrected chi connectivity index (χ4v) is 3.48. The van der Waals surface area contributed by atoms with Crippen LogP contribution in [0.5, 0.6) is 0 Å². The van der Waals surface area contributed by atoms with Crippen molar-refractivity contribution >= 4 is 15.9 Å². The summed E-state index contributed by atoms with van der Waals surface area (Å²) < 4.78 is 1.23. The first-order chi connectivity index (χ1) is 10.3. The third kappa shape index (κ3) is 3.54. The molecule has 0 aliphatic heterocycles. The first-order valence-corrected chi connectivity index (χ1v) is 8.22. The average molecular weight is 346 g/mol. The summed E-state index contributed by atoms with van der Waals surface area (Å²) in [6.45, 7) is 1.02. The van der Waals surface area contributed by atoms with Crippen LogP contribution in [0.25, 0.3) is 0 Å². The van der Waals surface area contributed by atoms with Crippen molar-refractivity contribution in [3.05, 3.63) is 69.7 Å². The third-order valence-corrected chi connectivity index (χ3v) is 5.01. The Balaban J connectivity index is 1.48. The summed E-state index contributed by atoms with van der Waals surface area (Å²) in [6.07, 6.45) is 2.41. The zero-order valence-electron chi connectivity index (χ0n) is 11.9. The molecule has 0 heterocycles. The van der Waals surface area contributed by atoms with E-state index in [-0.39, 0.29) is 6.61 Å². The number of benzene rings is 2. The summed E-state index contributed by atoms with van der Waals surface area (Å²) in [7, 11) is 0. The highest BCUT2D eigenvalue weighted by atomic mass is 79.9. The van der Waals surface area contributed by atoms with E-state index in [9.17, 15) is 0 Å². The Morgan fingerprint density at radius 3 is 2.33 bits per heavy atom. The Morgan fingerprint density at radius 2 is 1.67 bits per heavy atom. The van der Waals surface area contributed by atoms with Gasteiger partial charge in [0.1, 0.15) is 0 Å². The van der Waals surface area contributed by atoms with Crippen LogP contribution in [0.1, 0.15) is 35.4 Å². The Labute approximate surface area is 134 Å². The summed E-state index contributed by atoms with van der Waals surface area (Å²) in [5.74, 6) is 0.676. The van der Waals surface area contributed by atoms with Gasteiger partial charge >= 0.3 is 0 Å². The van der Waals surface area contributed by atoms with Gasteiger partial charge in [-0.05, 0) is 41.5 Å². The van der Waals surface area contributed by atoms with Gasteiger partial charge < -0.3 is 10.4 Å². The number of hydrogen-bond acceptors (Lipinski definition) is 2. The fourth-order valence-electron chi connectivity index (χ4n) is 2.87. The van der Waals surface area contributed by atoms with Gasteiger partial charge in [-0.25, -0.2) is 0 Å². The molecular formula is C18H20BrNO. The van der Waals surface area contributed by atoms with E-state index < -0.39 is 0 Å². The van der Waals surface area contributed by atoms with Crippen molar-refractivity contribution in [2.45, 2.75) is 38.0 Å². The van der Waals surface area contributed by atoms with Gasteiger partial charge in [0.15, 0.2) is 0 Å². The Morgan fingerprint density at radius 1 is 1.00 bits per heavy atom. The molecule has 3 rings (SSSR count). The van der Waals surface area contributed by atoms with Gasteiger partial charge in [0.25, 0.3) is 0 Å². The molecule has 0 aromatic heterocycles. The normalized spacial score (nSPS) is 21.0. The zero-order valence-corrected chi connectivity index (χ0v) is 13.5. The van der Waals surface area contributed by atoms with Crippen LogP contribution in [0, 0.1) is 0 Å². The SMILES string of the molecule is OCc1ccc(CNC2CC(c3ccccc3Br)C2)cc1. The zero-order chi connectivity index (χ0) is 14.7. The summed E-state index contributed by atoms with van der Waals surface area (Å²) in [4.78, 5) is 0. The van der Waals surface area contributed by atoms with Crippen LogP contribution in [-0.4, -0.2) is 11.1 Å². The highest BCUT2D eigenvalue weighted by molar-refractivity contribution is 9.10. The molecule has 110 valence electrons. The van der Waals surface area contributed by atoms with Crippen molar-refractivity contribution in [1.29, 1.82) is 0 Å². The molecule has 2 N–H and O–H groups in total. The lowest BCUT2D eigenvalue weighted by molar-refractivity contribution is 0.281. The van der Waals surface area contributed by atoms with Crippen LogP contribution < -0.4 is 5.32 Å². The minimum absolute atomic E-state index is 0.115. The predicted octanol–water partition coefficient (Wildman–Crippen LogP) is 3.98. The number of aliphatic hydroxyl groups excluding tert-OH is 1. The Kier molecular flexibility index (Phi) is 4.73. The largest absolute Gasteiger partial charge is 0.392 e. The molecule has 2 nitrogen and oxygen atoms in total. The van der Waals surface area contributed by atoms with Crippen molar-refractivity contribution in [3.63, 3.8) is 0 Å². The monoisotopic (exact) mass is 345 g/mol. The third-order valence-electron chi connectivity index (χ3n) is 4.28. The van der Waals surface area contributed by atoms with E-state index in [1.165, 1.54) is 28.4 Å². The van der Waals surface area contributed by atoms with E-state index in [1.54, 1.807) is 0 Å². The van der Waals surface area contributed by atoms with Crippen molar-refractivity contribution in [3.8, 4) is 0 Å². The molecule has 21 heavy (non-hydrogen) atoms. The smallest absolute Gasteiger partial charge is 0.0681 e. The van der Waals surface area contributed by atoms with E-state index in [0.29, 0.717) is 12.0 Å². The molecule has 0 bridgehead atoms. The molecule has 0 saturated heterocycles. The number of rotatable bonds is 5. The maximum absolute atomic E-state index is 9.03. The molecule has 0 amide bonds. The van der Waals surface area contributed by atoms with Gasteiger partial charge in [-0.15, -0.1) is 0 Å². The Hall–Kier alpha value is -1.16. The number of aliphatic hydroxyl groups is 1. The lowest BCUT2D eigenvalue weighted by atomic mass is 9.76. The first kappa shape index (κ1) is 14.8. The second kappa shape index (κ2) is 6.73. The summed E-state index contributed by atoms with van der Waals surface area (Å²) >= 11 is 3.64. The van der Waals surface area contributed by atoms with E-state index in [0.717, 1.165) is 12.1 Å². The van der Waals surface area contributed by atoms with Crippen LogP contribution in [0.3, 0.4) is 0 Å². The second-order valence-corrected chi connectivity index (χ2v) is 6.60. The molecule has 0 atom stereocenters. The van der Waals surface area contributed by atoms with Crippen LogP contribution >= 0.6 is 15.9 Å². The maximum atomic E-state index is 9.03. The molecular weight excluding hydrogens is 326 g/mol. The van der Waals surface area contributed by atoms with Gasteiger partial charge in [-0.2, -0.15) is 0 Å². The summed E-state index contributed by atoms with van der Waals surface area (Å²) in [6, 6.07) is 17.3. The second-order valence-electron chi connectivity index (χ2n) is 5.74. The molecule has 3 heteroatoms. The minimum atomic E-state index is 0.115. The van der Waals surface area contributed by atoms with Crippen LogP contribution in [0.4, 0.5) is 0 Å². The van der Waals surface area contributed by atoms with Crippen molar-refractivity contribution in [2.75, 3.05) is 0 Å². The van der Waals surface area contributed by atoms with E-state index >= 15 is 0 Å². The quantitative estimate of drug-likeness (QED) is 0.858. The molecule has 1 fully saturated rings. The highest BCUT2D eigenvalue weighted by Gasteiger charge is 2.30. The lowest BCUT2D eigenvalue weighted by Gasteiger charge is -2.37. The highest BCUT2D eigenvalue weighted by Crippen LogP contribution is 2.40. The number of halogens is 1. The predicted molar refractivity (Wildman–Crippen MR) is 89.1 cm³/mol. The number of hydrogen-bond donors (Lipinski definition) is 2. The van der Waals surface area contributed by atoms with Gasteiger partial charge in [0, 0.05) is 17.1 Å². The lowest BCUT2D eigenvalue weighted by Crippen LogP contribution is -2.39. The van der Waals surface area contributed by atoms with Crippen molar-refractivity contribution < 1.29 is 5.11 Å². The van der Waals surface area contributed by atoms with Gasteiger partial charge in [-0.3, -0.25) is 0 Å². The molecule has 0 radical (unpaired) electrons. The maximum Gasteiger partial charge on any atom is 0.0681 e. The van der Waals surface area contributed by atoms with Crippen molar-refractivity contribution in [2.24, 2.45) is 0 Å². The van der Waals surface area contributed by atoms with E-state index in [2.05, 4.69) is 57.6 Å². The average Bonchev–Trinajstić information content (AvgIpc) is 2.48. The van der Waals surface area contributed by atoms with Crippen LogP contribution in [0.2, 0.25) is 0 Å². The van der Waals surface area contributed by atoms with E-state index in [1.807, 2.05) is 12.1 Å². The number of nitrogens with one attached hydrogen (secondary N) is 1. The summed E-state index contributed by atoms with van der Waals surface area (Å²) in [5, 5.41) is 12.6. The van der Waals surface area contributed by atoms with Gasteiger partial charge in [0.2, 0.25) is 0 Å². The topological polar surface area (TPSA) is 32.3 Å². The van der Waals surface area contributed by atoms with E-state index in [4.69, 9.17) is 5.11 Å². The fraction of sp³-hybridized carbons (Fsp3) is 0.333. The minimum Gasteiger partial charge on any atom is -0.392 e. The van der Waals surface area contributed by atoms with Crippen LogP contribution in [-0.2, 0) is 13.2 Å². The standard InChI is InChI=1S/C18H20BrNO/c19-18-4-2-1-3-17(18)15-9-16(10-15)20-11-13-5-7-14(12-21)8-6-13/h1-8,15-16,20-21H,9-12H2. The molecule has 0 spiro atoms. The van der Waals surface area contributed by atoms with Gasteiger partial charge in [0.05, 0.1) is 6.61 Å². The molecule has 1 saturated carbocycles. The molecule has 1 aliphatic rings. The molecule has 2 aromatic rings. The van der Waals surface area contributed by atoms with Gasteiger partial charge in [-0.1, -0.05) is 58.4 Å². The molecule has 0 unspecified atom stereocenters. The van der Waals surface area contributed by atoms with Crippen molar-refractivity contribution in [1.82, 2.24) is 5.32 Å². The van der Waals surface area contributed by atoms with Crippen LogP contribution in [0.15, 0.2) is 53.0 Å². The molecule has 2 aromatic carbocycles. The first-order valence-electron chi connectivity index (χ1n) is 7.42. The summed E-state index contributed by atoms with van der Waals surface area (Å²) in [5.41, 5.74) is 3.68. The Bertz CT molecular complexity index is 590. The molecule has 1 aliphatic carbocycles.